The number of hydrogen-bond acceptors (Lipinski definition) is 4. The molecular formula is C18H23N3O3. The Morgan fingerprint density at radius 2 is 2.12 bits per heavy atom. The van der Waals surface area contributed by atoms with Crippen molar-refractivity contribution in [1.29, 1.82) is 0 Å². The van der Waals surface area contributed by atoms with Crippen LogP contribution in [0.5, 0.6) is 5.75 Å². The van der Waals surface area contributed by atoms with Crippen molar-refractivity contribution in [1.82, 2.24) is 14.9 Å². The zero-order valence-corrected chi connectivity index (χ0v) is 14.1. The first kappa shape index (κ1) is 17.7. The Morgan fingerprint density at radius 3 is 2.83 bits per heavy atom. The van der Waals surface area contributed by atoms with Crippen LogP contribution in [0.15, 0.2) is 41.5 Å². The third kappa shape index (κ3) is 5.22. The molecule has 0 unspecified atom stereocenters. The fraction of sp³-hybridized carbons (Fsp3) is 0.389. The Balaban J connectivity index is 1.84. The SMILES string of the molecule is CCCc1cc(=O)n(CC(=O)NCCc2cccc(OC)c2)cn1. The monoisotopic (exact) mass is 329 g/mol. The van der Waals surface area contributed by atoms with Crippen molar-refractivity contribution in [2.45, 2.75) is 32.7 Å². The van der Waals surface area contributed by atoms with Crippen LogP contribution in [0.25, 0.3) is 0 Å². The highest BCUT2D eigenvalue weighted by Crippen LogP contribution is 2.12. The molecule has 1 N–H and O–H groups in total. The summed E-state index contributed by atoms with van der Waals surface area (Å²) in [6.07, 6.45) is 3.84. The fourth-order valence-corrected chi connectivity index (χ4v) is 2.36. The van der Waals surface area contributed by atoms with Gasteiger partial charge in [0.1, 0.15) is 12.3 Å². The summed E-state index contributed by atoms with van der Waals surface area (Å²) >= 11 is 0. The molecule has 1 amide bonds. The summed E-state index contributed by atoms with van der Waals surface area (Å²) in [5.74, 6) is 0.591. The molecule has 0 bridgehead atoms. The number of methoxy groups -OCH3 is 1. The summed E-state index contributed by atoms with van der Waals surface area (Å²) in [5, 5.41) is 2.82. The van der Waals surface area contributed by atoms with Gasteiger partial charge in [-0.3, -0.25) is 14.2 Å². The van der Waals surface area contributed by atoms with Crippen molar-refractivity contribution in [3.63, 3.8) is 0 Å². The number of aromatic nitrogens is 2. The van der Waals surface area contributed by atoms with E-state index < -0.39 is 0 Å². The molecule has 2 aromatic rings. The van der Waals surface area contributed by atoms with E-state index in [1.807, 2.05) is 31.2 Å². The number of hydrogen-bond donors (Lipinski definition) is 1. The quantitative estimate of drug-likeness (QED) is 0.798. The van der Waals surface area contributed by atoms with Gasteiger partial charge in [0.2, 0.25) is 5.91 Å². The number of nitrogens with zero attached hydrogens (tertiary/aromatic N) is 2. The normalized spacial score (nSPS) is 10.4. The van der Waals surface area contributed by atoms with E-state index in [0.29, 0.717) is 13.0 Å². The van der Waals surface area contributed by atoms with Gasteiger partial charge < -0.3 is 10.1 Å². The van der Waals surface area contributed by atoms with Gasteiger partial charge in [-0.2, -0.15) is 0 Å². The molecule has 1 heterocycles. The molecule has 6 heteroatoms. The average Bonchev–Trinajstić information content (AvgIpc) is 2.58. The Hall–Kier alpha value is -2.63. The van der Waals surface area contributed by atoms with E-state index in [9.17, 15) is 9.59 Å². The predicted molar refractivity (Wildman–Crippen MR) is 92.2 cm³/mol. The van der Waals surface area contributed by atoms with Crippen LogP contribution in [-0.2, 0) is 24.2 Å². The van der Waals surface area contributed by atoms with Crippen LogP contribution in [0.4, 0.5) is 0 Å². The Kier molecular flexibility index (Phi) is 6.54. The van der Waals surface area contributed by atoms with E-state index >= 15 is 0 Å². The van der Waals surface area contributed by atoms with Gasteiger partial charge in [0.15, 0.2) is 0 Å². The second-order valence-corrected chi connectivity index (χ2v) is 5.55. The van der Waals surface area contributed by atoms with Crippen LogP contribution < -0.4 is 15.6 Å². The Bertz CT molecular complexity index is 740. The lowest BCUT2D eigenvalue weighted by Gasteiger charge is -2.08. The van der Waals surface area contributed by atoms with Crippen molar-refractivity contribution < 1.29 is 9.53 Å². The number of benzene rings is 1. The molecule has 128 valence electrons. The third-order valence-electron chi connectivity index (χ3n) is 3.63. The minimum atomic E-state index is -0.204. The summed E-state index contributed by atoms with van der Waals surface area (Å²) in [7, 11) is 1.62. The number of carbonyl (C=O) groups is 1. The molecule has 0 aliphatic heterocycles. The summed E-state index contributed by atoms with van der Waals surface area (Å²) in [4.78, 5) is 28.1. The minimum Gasteiger partial charge on any atom is -0.497 e. The van der Waals surface area contributed by atoms with Crippen LogP contribution in [-0.4, -0.2) is 29.1 Å². The lowest BCUT2D eigenvalue weighted by atomic mass is 10.1. The molecule has 24 heavy (non-hydrogen) atoms. The van der Waals surface area contributed by atoms with Crippen molar-refractivity contribution in [3.8, 4) is 5.75 Å². The van der Waals surface area contributed by atoms with Gasteiger partial charge >= 0.3 is 0 Å². The highest BCUT2D eigenvalue weighted by molar-refractivity contribution is 5.75. The molecule has 0 radical (unpaired) electrons. The minimum absolute atomic E-state index is 0.0175. The molecule has 1 aromatic carbocycles. The highest BCUT2D eigenvalue weighted by Gasteiger charge is 2.06. The van der Waals surface area contributed by atoms with E-state index in [0.717, 1.165) is 29.8 Å². The lowest BCUT2D eigenvalue weighted by molar-refractivity contribution is -0.121. The maximum absolute atomic E-state index is 12.0. The first-order valence-corrected chi connectivity index (χ1v) is 8.07. The number of nitrogens with one attached hydrogen (secondary N) is 1. The topological polar surface area (TPSA) is 73.2 Å². The largest absolute Gasteiger partial charge is 0.497 e. The highest BCUT2D eigenvalue weighted by atomic mass is 16.5. The van der Waals surface area contributed by atoms with E-state index in [4.69, 9.17) is 4.74 Å². The van der Waals surface area contributed by atoms with Gasteiger partial charge in [-0.1, -0.05) is 25.5 Å². The first-order chi connectivity index (χ1) is 11.6. The molecule has 2 rings (SSSR count). The molecule has 1 aromatic heterocycles. The van der Waals surface area contributed by atoms with Crippen LogP contribution in [0.2, 0.25) is 0 Å². The van der Waals surface area contributed by atoms with Crippen molar-refractivity contribution in [2.75, 3.05) is 13.7 Å². The molecule has 0 aliphatic carbocycles. The van der Waals surface area contributed by atoms with E-state index in [1.54, 1.807) is 7.11 Å². The summed E-state index contributed by atoms with van der Waals surface area (Å²) in [6.45, 7) is 2.52. The fourth-order valence-electron chi connectivity index (χ4n) is 2.36. The second-order valence-electron chi connectivity index (χ2n) is 5.55. The van der Waals surface area contributed by atoms with Gasteiger partial charge in [-0.15, -0.1) is 0 Å². The zero-order valence-electron chi connectivity index (χ0n) is 14.1. The van der Waals surface area contributed by atoms with Gasteiger partial charge in [0, 0.05) is 18.3 Å². The average molecular weight is 329 g/mol. The van der Waals surface area contributed by atoms with Crippen LogP contribution in [0.3, 0.4) is 0 Å². The van der Waals surface area contributed by atoms with Gasteiger partial charge in [-0.05, 0) is 30.5 Å². The Morgan fingerprint density at radius 1 is 1.29 bits per heavy atom. The molecule has 0 fully saturated rings. The van der Waals surface area contributed by atoms with E-state index in [-0.39, 0.29) is 18.0 Å². The number of rotatable bonds is 8. The molecule has 0 aliphatic rings. The van der Waals surface area contributed by atoms with Crippen LogP contribution in [0, 0.1) is 0 Å². The van der Waals surface area contributed by atoms with Crippen molar-refractivity contribution in [2.24, 2.45) is 0 Å². The van der Waals surface area contributed by atoms with Crippen LogP contribution >= 0.6 is 0 Å². The first-order valence-electron chi connectivity index (χ1n) is 8.07. The van der Waals surface area contributed by atoms with Gasteiger partial charge in [0.25, 0.3) is 5.56 Å². The summed E-state index contributed by atoms with van der Waals surface area (Å²) in [5.41, 5.74) is 1.64. The number of ether oxygens (including phenoxy) is 1. The summed E-state index contributed by atoms with van der Waals surface area (Å²) in [6, 6.07) is 9.21. The molecule has 0 saturated carbocycles. The Labute approximate surface area is 141 Å². The predicted octanol–water partition coefficient (Wildman–Crippen LogP) is 1.56. The molecule has 0 atom stereocenters. The number of amides is 1. The standard InChI is InChI=1S/C18H23N3O3/c1-3-5-15-11-18(23)21(13-20-15)12-17(22)19-9-8-14-6-4-7-16(10-14)24-2/h4,6-7,10-11,13H,3,5,8-9,12H2,1-2H3,(H,19,22). The molecule has 6 nitrogen and oxygen atoms in total. The maximum Gasteiger partial charge on any atom is 0.253 e. The molecule has 0 spiro atoms. The summed E-state index contributed by atoms with van der Waals surface area (Å²) < 4.78 is 6.49. The van der Waals surface area contributed by atoms with Crippen molar-refractivity contribution >= 4 is 5.91 Å². The van der Waals surface area contributed by atoms with E-state index in [2.05, 4.69) is 10.3 Å². The second kappa shape index (κ2) is 8.86. The lowest BCUT2D eigenvalue weighted by Crippen LogP contribution is -2.33. The molecule has 0 saturated heterocycles. The number of carbonyl (C=O) groups excluding carboxylic acids is 1. The third-order valence-corrected chi connectivity index (χ3v) is 3.63. The number of aryl methyl sites for hydroxylation is 1. The van der Waals surface area contributed by atoms with Gasteiger partial charge in [0.05, 0.1) is 13.4 Å². The van der Waals surface area contributed by atoms with Gasteiger partial charge in [-0.25, -0.2) is 4.98 Å². The van der Waals surface area contributed by atoms with E-state index in [1.165, 1.54) is 17.0 Å². The zero-order chi connectivity index (χ0) is 17.4. The maximum atomic E-state index is 12.0. The molecular weight excluding hydrogens is 306 g/mol. The van der Waals surface area contributed by atoms with Crippen molar-refractivity contribution in [3.05, 3.63) is 58.3 Å². The smallest absolute Gasteiger partial charge is 0.253 e. The van der Waals surface area contributed by atoms with Crippen LogP contribution in [0.1, 0.15) is 24.6 Å².